The van der Waals surface area contributed by atoms with E-state index in [1.54, 1.807) is 11.3 Å². The molecule has 1 aromatic carbocycles. The van der Waals surface area contributed by atoms with Crippen molar-refractivity contribution < 1.29 is 4.79 Å². The minimum atomic E-state index is -0.402. The smallest absolute Gasteiger partial charge is 0.225 e. The van der Waals surface area contributed by atoms with Gasteiger partial charge in [-0.05, 0) is 18.9 Å². The molecular weight excluding hydrogens is 280 g/mol. The molecule has 4 heteroatoms. The summed E-state index contributed by atoms with van der Waals surface area (Å²) in [5, 5.41) is 6.14. The highest BCUT2D eigenvalue weighted by molar-refractivity contribution is 7.09. The number of hydrogen-bond donors (Lipinski definition) is 1. The lowest BCUT2D eigenvalue weighted by molar-refractivity contribution is -0.129. The summed E-state index contributed by atoms with van der Waals surface area (Å²) in [6.45, 7) is 7.75. The van der Waals surface area contributed by atoms with E-state index in [4.69, 9.17) is 0 Å². The first-order valence-corrected chi connectivity index (χ1v) is 8.01. The molecule has 0 aliphatic rings. The Morgan fingerprint density at radius 1 is 1.29 bits per heavy atom. The van der Waals surface area contributed by atoms with Gasteiger partial charge in [0.05, 0.1) is 6.04 Å². The molecule has 1 amide bonds. The van der Waals surface area contributed by atoms with Crippen LogP contribution >= 0.6 is 11.3 Å². The van der Waals surface area contributed by atoms with Crippen LogP contribution in [0.2, 0.25) is 0 Å². The van der Waals surface area contributed by atoms with Crippen LogP contribution in [0.1, 0.15) is 43.1 Å². The van der Waals surface area contributed by atoms with Gasteiger partial charge < -0.3 is 5.32 Å². The molecule has 2 rings (SSSR count). The fraction of sp³-hybridized carbons (Fsp3) is 0.412. The molecule has 0 radical (unpaired) electrons. The summed E-state index contributed by atoms with van der Waals surface area (Å²) >= 11 is 1.60. The molecule has 2 aromatic rings. The number of thiazole rings is 1. The zero-order valence-electron chi connectivity index (χ0n) is 13.0. The molecule has 0 fully saturated rings. The van der Waals surface area contributed by atoms with E-state index in [9.17, 15) is 4.79 Å². The molecule has 112 valence electrons. The third-order valence-corrected chi connectivity index (χ3v) is 4.28. The van der Waals surface area contributed by atoms with Gasteiger partial charge in [0.1, 0.15) is 5.01 Å². The molecular formula is C17H22N2OS. The van der Waals surface area contributed by atoms with Crippen molar-refractivity contribution in [2.45, 2.75) is 40.2 Å². The SMILES string of the molecule is Cc1csc([C@H](Cc2ccccc2)NC(=O)C(C)(C)C)n1. The van der Waals surface area contributed by atoms with Crippen molar-refractivity contribution in [3.63, 3.8) is 0 Å². The van der Waals surface area contributed by atoms with E-state index in [-0.39, 0.29) is 11.9 Å². The van der Waals surface area contributed by atoms with E-state index in [1.807, 2.05) is 51.3 Å². The van der Waals surface area contributed by atoms with Gasteiger partial charge in [-0.15, -0.1) is 11.3 Å². The molecule has 1 atom stereocenters. The molecule has 1 N–H and O–H groups in total. The zero-order chi connectivity index (χ0) is 15.5. The maximum atomic E-state index is 12.3. The number of benzene rings is 1. The summed E-state index contributed by atoms with van der Waals surface area (Å²) in [7, 11) is 0. The van der Waals surface area contributed by atoms with Gasteiger partial charge in [-0.25, -0.2) is 4.98 Å². The second kappa shape index (κ2) is 6.39. The highest BCUT2D eigenvalue weighted by Crippen LogP contribution is 2.24. The molecule has 0 unspecified atom stereocenters. The quantitative estimate of drug-likeness (QED) is 0.930. The standard InChI is InChI=1S/C17H22N2OS/c1-12-11-21-15(18-12)14(19-16(20)17(2,3)4)10-13-8-6-5-7-9-13/h5-9,11,14H,10H2,1-4H3,(H,19,20)/t14-/m0/s1. The average Bonchev–Trinajstić information content (AvgIpc) is 2.84. The molecule has 0 aliphatic heterocycles. The van der Waals surface area contributed by atoms with E-state index >= 15 is 0 Å². The van der Waals surface area contributed by atoms with Crippen LogP contribution in [0.4, 0.5) is 0 Å². The summed E-state index contributed by atoms with van der Waals surface area (Å²) in [5.74, 6) is 0.0521. The summed E-state index contributed by atoms with van der Waals surface area (Å²) in [6, 6.07) is 10.1. The molecule has 0 bridgehead atoms. The fourth-order valence-corrected chi connectivity index (χ4v) is 2.80. The summed E-state index contributed by atoms with van der Waals surface area (Å²) in [5.41, 5.74) is 1.80. The van der Waals surface area contributed by atoms with Gasteiger partial charge in [-0.3, -0.25) is 4.79 Å². The van der Waals surface area contributed by atoms with Crippen LogP contribution in [0, 0.1) is 12.3 Å². The summed E-state index contributed by atoms with van der Waals surface area (Å²) in [6.07, 6.45) is 0.760. The molecule has 1 aromatic heterocycles. The van der Waals surface area contributed by atoms with Crippen LogP contribution < -0.4 is 5.32 Å². The number of nitrogens with one attached hydrogen (secondary N) is 1. The highest BCUT2D eigenvalue weighted by atomic mass is 32.1. The Hall–Kier alpha value is -1.68. The number of amides is 1. The van der Waals surface area contributed by atoms with Gasteiger partial charge in [-0.2, -0.15) is 0 Å². The first-order valence-electron chi connectivity index (χ1n) is 7.13. The summed E-state index contributed by atoms with van der Waals surface area (Å²) in [4.78, 5) is 16.9. The number of carbonyl (C=O) groups is 1. The van der Waals surface area contributed by atoms with Crippen LogP contribution in [0.25, 0.3) is 0 Å². The lowest BCUT2D eigenvalue weighted by atomic mass is 9.94. The van der Waals surface area contributed by atoms with E-state index in [1.165, 1.54) is 5.56 Å². The maximum Gasteiger partial charge on any atom is 0.225 e. The van der Waals surface area contributed by atoms with Crippen molar-refractivity contribution >= 4 is 17.2 Å². The monoisotopic (exact) mass is 302 g/mol. The van der Waals surface area contributed by atoms with Crippen molar-refractivity contribution in [2.75, 3.05) is 0 Å². The van der Waals surface area contributed by atoms with Crippen LogP contribution in [0.15, 0.2) is 35.7 Å². The zero-order valence-corrected chi connectivity index (χ0v) is 13.8. The maximum absolute atomic E-state index is 12.3. The number of hydrogen-bond acceptors (Lipinski definition) is 3. The predicted octanol–water partition coefficient (Wildman–Crippen LogP) is 3.90. The van der Waals surface area contributed by atoms with Crippen LogP contribution in [0.5, 0.6) is 0 Å². The molecule has 0 spiro atoms. The molecule has 0 saturated heterocycles. The van der Waals surface area contributed by atoms with Crippen molar-refractivity contribution in [3.8, 4) is 0 Å². The molecule has 3 nitrogen and oxygen atoms in total. The van der Waals surface area contributed by atoms with Crippen molar-refractivity contribution in [2.24, 2.45) is 5.41 Å². The van der Waals surface area contributed by atoms with E-state index in [2.05, 4.69) is 22.4 Å². The predicted molar refractivity (Wildman–Crippen MR) is 87.3 cm³/mol. The Kier molecular flexibility index (Phi) is 4.78. The minimum absolute atomic E-state index is 0.0521. The van der Waals surface area contributed by atoms with Crippen LogP contribution in [-0.4, -0.2) is 10.9 Å². The molecule has 0 saturated carbocycles. The van der Waals surface area contributed by atoms with Gasteiger partial charge >= 0.3 is 0 Å². The summed E-state index contributed by atoms with van der Waals surface area (Å²) < 4.78 is 0. The number of aryl methyl sites for hydroxylation is 1. The van der Waals surface area contributed by atoms with Gasteiger partial charge in [-0.1, -0.05) is 51.1 Å². The Labute approximate surface area is 130 Å². The first kappa shape index (κ1) is 15.7. The lowest BCUT2D eigenvalue weighted by Crippen LogP contribution is -2.38. The van der Waals surface area contributed by atoms with Gasteiger partial charge in [0, 0.05) is 16.5 Å². The molecule has 1 heterocycles. The van der Waals surface area contributed by atoms with Gasteiger partial charge in [0.25, 0.3) is 0 Å². The highest BCUT2D eigenvalue weighted by Gasteiger charge is 2.26. The van der Waals surface area contributed by atoms with Gasteiger partial charge in [0.15, 0.2) is 0 Å². The Balaban J connectivity index is 2.21. The second-order valence-electron chi connectivity index (χ2n) is 6.29. The minimum Gasteiger partial charge on any atom is -0.346 e. The largest absolute Gasteiger partial charge is 0.346 e. The lowest BCUT2D eigenvalue weighted by Gasteiger charge is -2.23. The van der Waals surface area contributed by atoms with Gasteiger partial charge in [0.2, 0.25) is 5.91 Å². The van der Waals surface area contributed by atoms with E-state index < -0.39 is 5.41 Å². The van der Waals surface area contributed by atoms with Crippen LogP contribution in [-0.2, 0) is 11.2 Å². The van der Waals surface area contributed by atoms with E-state index in [0.717, 1.165) is 17.1 Å². The Morgan fingerprint density at radius 2 is 1.95 bits per heavy atom. The van der Waals surface area contributed by atoms with Crippen molar-refractivity contribution in [1.82, 2.24) is 10.3 Å². The third kappa shape index (κ3) is 4.39. The molecule has 21 heavy (non-hydrogen) atoms. The topological polar surface area (TPSA) is 42.0 Å². The van der Waals surface area contributed by atoms with E-state index in [0.29, 0.717) is 0 Å². The number of aromatic nitrogens is 1. The van der Waals surface area contributed by atoms with Crippen molar-refractivity contribution in [3.05, 3.63) is 52.0 Å². The Morgan fingerprint density at radius 3 is 2.48 bits per heavy atom. The fourth-order valence-electron chi connectivity index (χ4n) is 1.96. The normalized spacial score (nSPS) is 13.0. The average molecular weight is 302 g/mol. The number of carbonyl (C=O) groups excluding carboxylic acids is 1. The molecule has 0 aliphatic carbocycles. The third-order valence-electron chi connectivity index (χ3n) is 3.20. The number of rotatable bonds is 4. The van der Waals surface area contributed by atoms with Crippen LogP contribution in [0.3, 0.4) is 0 Å². The second-order valence-corrected chi connectivity index (χ2v) is 7.18. The number of nitrogens with zero attached hydrogens (tertiary/aromatic N) is 1. The first-order chi connectivity index (χ1) is 9.86. The van der Waals surface area contributed by atoms with Crippen molar-refractivity contribution in [1.29, 1.82) is 0 Å². The Bertz CT molecular complexity index is 599.